The van der Waals surface area contributed by atoms with E-state index in [-0.39, 0.29) is 16.9 Å². The molecule has 0 unspecified atom stereocenters. The number of carbonyl (C=O) groups excluding carboxylic acids is 1. The molecule has 0 aliphatic carbocycles. The Morgan fingerprint density at radius 1 is 1.22 bits per heavy atom. The van der Waals surface area contributed by atoms with Crippen molar-refractivity contribution in [3.05, 3.63) is 42.1 Å². The highest BCUT2D eigenvalue weighted by atomic mass is 32.2. The van der Waals surface area contributed by atoms with Crippen LogP contribution in [0, 0.1) is 0 Å². The minimum absolute atomic E-state index is 0.220. The monoisotopic (exact) mass is 334 g/mol. The molecule has 1 aromatic carbocycles. The van der Waals surface area contributed by atoms with Crippen LogP contribution in [0.3, 0.4) is 0 Å². The molecule has 1 aromatic heterocycles. The average Bonchev–Trinajstić information content (AvgIpc) is 3.04. The molecule has 2 heterocycles. The van der Waals surface area contributed by atoms with Gasteiger partial charge in [-0.25, -0.2) is 8.42 Å². The molecule has 3 rings (SSSR count). The summed E-state index contributed by atoms with van der Waals surface area (Å²) in [5.41, 5.74) is 1.11. The largest absolute Gasteiger partial charge is 0.355 e. The smallest absolute Gasteiger partial charge is 0.276 e. The van der Waals surface area contributed by atoms with Crippen molar-refractivity contribution in [3.63, 3.8) is 0 Å². The van der Waals surface area contributed by atoms with E-state index in [9.17, 15) is 13.2 Å². The molecule has 23 heavy (non-hydrogen) atoms. The van der Waals surface area contributed by atoms with Crippen LogP contribution >= 0.6 is 0 Å². The van der Waals surface area contributed by atoms with E-state index >= 15 is 0 Å². The number of sulfone groups is 1. The molecule has 7 heteroatoms. The van der Waals surface area contributed by atoms with Crippen LogP contribution in [0.25, 0.3) is 11.3 Å². The second-order valence-corrected chi connectivity index (χ2v) is 8.09. The fraction of sp³-hybridized carbons (Fsp3) is 0.375. The molecule has 0 bridgehead atoms. The van der Waals surface area contributed by atoms with Crippen LogP contribution in [0.5, 0.6) is 0 Å². The van der Waals surface area contributed by atoms with Gasteiger partial charge in [-0.2, -0.15) is 0 Å². The van der Waals surface area contributed by atoms with Gasteiger partial charge in [0.25, 0.3) is 5.91 Å². The van der Waals surface area contributed by atoms with Gasteiger partial charge < -0.3 is 9.42 Å². The maximum absolute atomic E-state index is 12.5. The summed E-state index contributed by atoms with van der Waals surface area (Å²) in [6.07, 6.45) is 2.18. The molecule has 0 radical (unpaired) electrons. The van der Waals surface area contributed by atoms with Crippen molar-refractivity contribution in [2.45, 2.75) is 18.1 Å². The number of benzene rings is 1. The fourth-order valence-corrected chi connectivity index (χ4v) is 3.83. The van der Waals surface area contributed by atoms with Gasteiger partial charge in [0, 0.05) is 31.0 Å². The third kappa shape index (κ3) is 3.44. The first-order valence-electron chi connectivity index (χ1n) is 7.45. The summed E-state index contributed by atoms with van der Waals surface area (Å²) in [6, 6.07) is 11.1. The summed E-state index contributed by atoms with van der Waals surface area (Å²) in [4.78, 5) is 14.1. The van der Waals surface area contributed by atoms with E-state index in [0.717, 1.165) is 5.56 Å². The normalized spacial score (nSPS) is 16.5. The molecule has 1 saturated heterocycles. The Hall–Kier alpha value is -2.15. The second-order valence-electron chi connectivity index (χ2n) is 5.76. The predicted molar refractivity (Wildman–Crippen MR) is 85.7 cm³/mol. The van der Waals surface area contributed by atoms with Gasteiger partial charge in [0.1, 0.15) is 9.84 Å². The van der Waals surface area contributed by atoms with Crippen LogP contribution in [-0.4, -0.2) is 49.0 Å². The Kier molecular flexibility index (Phi) is 4.21. The van der Waals surface area contributed by atoms with Crippen LogP contribution in [0.2, 0.25) is 0 Å². The van der Waals surface area contributed by atoms with Gasteiger partial charge in [-0.3, -0.25) is 4.79 Å². The third-order valence-electron chi connectivity index (χ3n) is 4.12. The topological polar surface area (TPSA) is 80.5 Å². The number of carbonyl (C=O) groups is 1. The minimum Gasteiger partial charge on any atom is -0.355 e. The Labute approximate surface area is 135 Å². The van der Waals surface area contributed by atoms with E-state index in [4.69, 9.17) is 4.52 Å². The Bertz CT molecular complexity index is 790. The molecule has 1 aliphatic heterocycles. The molecule has 6 nitrogen and oxygen atoms in total. The lowest BCUT2D eigenvalue weighted by molar-refractivity contribution is 0.0715. The van der Waals surface area contributed by atoms with Gasteiger partial charge in [-0.15, -0.1) is 0 Å². The van der Waals surface area contributed by atoms with Crippen molar-refractivity contribution in [2.24, 2.45) is 0 Å². The lowest BCUT2D eigenvalue weighted by atomic mass is 10.1. The minimum atomic E-state index is -3.04. The molecule has 1 amide bonds. The van der Waals surface area contributed by atoms with Gasteiger partial charge in [-0.05, 0) is 12.8 Å². The van der Waals surface area contributed by atoms with Crippen molar-refractivity contribution in [2.75, 3.05) is 19.3 Å². The zero-order valence-electron chi connectivity index (χ0n) is 12.8. The quantitative estimate of drug-likeness (QED) is 0.857. The number of amides is 1. The molecule has 2 aromatic rings. The first-order valence-corrected chi connectivity index (χ1v) is 9.41. The summed E-state index contributed by atoms with van der Waals surface area (Å²) >= 11 is 0. The third-order valence-corrected chi connectivity index (χ3v) is 5.80. The van der Waals surface area contributed by atoms with Crippen molar-refractivity contribution in [1.82, 2.24) is 10.1 Å². The lowest BCUT2D eigenvalue weighted by Gasteiger charge is -2.30. The summed E-state index contributed by atoms with van der Waals surface area (Å²) in [5, 5.41) is 3.49. The Morgan fingerprint density at radius 2 is 1.87 bits per heavy atom. The predicted octanol–water partition coefficient (Wildman–Crippen LogP) is 1.99. The molecule has 1 fully saturated rings. The van der Waals surface area contributed by atoms with Crippen LogP contribution < -0.4 is 0 Å². The summed E-state index contributed by atoms with van der Waals surface area (Å²) < 4.78 is 28.4. The molecule has 0 spiro atoms. The van der Waals surface area contributed by atoms with Gasteiger partial charge in [0.15, 0.2) is 11.5 Å². The molecule has 0 atom stereocenters. The van der Waals surface area contributed by atoms with Crippen LogP contribution in [-0.2, 0) is 9.84 Å². The first kappa shape index (κ1) is 15.7. The van der Waals surface area contributed by atoms with Gasteiger partial charge in [0.2, 0.25) is 0 Å². The lowest BCUT2D eigenvalue weighted by Crippen LogP contribution is -2.42. The number of piperidine rings is 1. The fourth-order valence-electron chi connectivity index (χ4n) is 2.76. The van der Waals surface area contributed by atoms with Crippen molar-refractivity contribution < 1.29 is 17.7 Å². The van der Waals surface area contributed by atoms with Gasteiger partial charge in [0.05, 0.1) is 5.25 Å². The number of hydrogen-bond donors (Lipinski definition) is 0. The molecule has 122 valence electrons. The summed E-state index contributed by atoms with van der Waals surface area (Å²) in [7, 11) is -3.04. The SMILES string of the molecule is CS(=O)(=O)C1CCN(C(=O)c2cc(-c3ccccc3)on2)CC1. The molecule has 0 saturated carbocycles. The molecule has 1 aliphatic rings. The molecular formula is C16H18N2O4S. The van der Waals surface area contributed by atoms with E-state index in [1.54, 1.807) is 11.0 Å². The van der Waals surface area contributed by atoms with E-state index in [1.807, 2.05) is 30.3 Å². The highest BCUT2D eigenvalue weighted by molar-refractivity contribution is 7.91. The second kappa shape index (κ2) is 6.16. The summed E-state index contributed by atoms with van der Waals surface area (Å²) in [6.45, 7) is 0.841. The van der Waals surface area contributed by atoms with Gasteiger partial charge in [-0.1, -0.05) is 35.5 Å². The average molecular weight is 334 g/mol. The Balaban J connectivity index is 1.69. The zero-order valence-corrected chi connectivity index (χ0v) is 13.6. The van der Waals surface area contributed by atoms with Crippen molar-refractivity contribution in [1.29, 1.82) is 0 Å². The maximum Gasteiger partial charge on any atom is 0.276 e. The molecular weight excluding hydrogens is 316 g/mol. The van der Waals surface area contributed by atoms with Crippen LogP contribution in [0.4, 0.5) is 0 Å². The van der Waals surface area contributed by atoms with E-state index in [1.165, 1.54) is 6.26 Å². The van der Waals surface area contributed by atoms with Crippen molar-refractivity contribution >= 4 is 15.7 Å². The number of rotatable bonds is 3. The highest BCUT2D eigenvalue weighted by Crippen LogP contribution is 2.22. The maximum atomic E-state index is 12.5. The first-order chi connectivity index (χ1) is 10.9. The van der Waals surface area contributed by atoms with E-state index < -0.39 is 9.84 Å². The number of likely N-dealkylation sites (tertiary alicyclic amines) is 1. The number of hydrogen-bond acceptors (Lipinski definition) is 5. The standard InChI is InChI=1S/C16H18N2O4S/c1-23(20,21)13-7-9-18(10-8-13)16(19)14-11-15(22-17-14)12-5-3-2-4-6-12/h2-6,11,13H,7-10H2,1H3. The van der Waals surface area contributed by atoms with Crippen molar-refractivity contribution in [3.8, 4) is 11.3 Å². The van der Waals surface area contributed by atoms with Crippen LogP contribution in [0.15, 0.2) is 40.9 Å². The van der Waals surface area contributed by atoms with Crippen LogP contribution in [0.1, 0.15) is 23.3 Å². The highest BCUT2D eigenvalue weighted by Gasteiger charge is 2.30. The number of nitrogens with zero attached hydrogens (tertiary/aromatic N) is 2. The zero-order chi connectivity index (χ0) is 16.4. The van der Waals surface area contributed by atoms with Gasteiger partial charge >= 0.3 is 0 Å². The van der Waals surface area contributed by atoms with E-state index in [0.29, 0.717) is 31.7 Å². The summed E-state index contributed by atoms with van der Waals surface area (Å²) in [5.74, 6) is 0.322. The number of aromatic nitrogens is 1. The molecule has 0 N–H and O–H groups in total. The van der Waals surface area contributed by atoms with E-state index in [2.05, 4.69) is 5.16 Å². The Morgan fingerprint density at radius 3 is 2.48 bits per heavy atom.